The quantitative estimate of drug-likeness (QED) is 0.699. The van der Waals surface area contributed by atoms with Gasteiger partial charge in [-0.1, -0.05) is 51.2 Å². The molecule has 2 N–H and O–H groups in total. The number of benzene rings is 1. The van der Waals surface area contributed by atoms with Crippen molar-refractivity contribution in [2.24, 2.45) is 5.73 Å². The zero-order valence-electron chi connectivity index (χ0n) is 13.5. The third kappa shape index (κ3) is 4.31. The molecule has 0 saturated heterocycles. The van der Waals surface area contributed by atoms with Gasteiger partial charge in [-0.15, -0.1) is 0 Å². The van der Waals surface area contributed by atoms with Crippen molar-refractivity contribution in [3.05, 3.63) is 30.1 Å². The van der Waals surface area contributed by atoms with Gasteiger partial charge in [0.25, 0.3) is 0 Å². The molecule has 3 heteroatoms. The van der Waals surface area contributed by atoms with E-state index in [9.17, 15) is 0 Å². The van der Waals surface area contributed by atoms with Crippen molar-refractivity contribution in [2.75, 3.05) is 0 Å². The van der Waals surface area contributed by atoms with Crippen molar-refractivity contribution in [1.82, 2.24) is 9.55 Å². The maximum atomic E-state index is 6.31. The number of aromatic nitrogens is 2. The summed E-state index contributed by atoms with van der Waals surface area (Å²) in [5, 5.41) is 0. The predicted octanol–water partition coefficient (Wildman–Crippen LogP) is 4.29. The van der Waals surface area contributed by atoms with Crippen LogP contribution in [-0.4, -0.2) is 15.6 Å². The Morgan fingerprint density at radius 3 is 2.62 bits per heavy atom. The smallest absolute Gasteiger partial charge is 0.111 e. The molecule has 0 bridgehead atoms. The van der Waals surface area contributed by atoms with Crippen LogP contribution in [0.15, 0.2) is 24.3 Å². The molecule has 21 heavy (non-hydrogen) atoms. The van der Waals surface area contributed by atoms with Crippen molar-refractivity contribution >= 4 is 11.0 Å². The topological polar surface area (TPSA) is 43.8 Å². The number of para-hydroxylation sites is 2. The number of rotatable bonds is 9. The number of nitrogens with zero attached hydrogens (tertiary/aromatic N) is 2. The first-order chi connectivity index (χ1) is 10.3. The van der Waals surface area contributed by atoms with E-state index in [4.69, 9.17) is 10.7 Å². The summed E-state index contributed by atoms with van der Waals surface area (Å²) >= 11 is 0. The summed E-state index contributed by atoms with van der Waals surface area (Å²) in [5.41, 5.74) is 8.63. The van der Waals surface area contributed by atoms with Crippen LogP contribution in [0.4, 0.5) is 0 Å². The highest BCUT2D eigenvalue weighted by atomic mass is 15.1. The second-order valence-electron chi connectivity index (χ2n) is 5.93. The molecule has 116 valence electrons. The molecule has 2 aromatic rings. The average Bonchev–Trinajstić information content (AvgIpc) is 2.84. The summed E-state index contributed by atoms with van der Waals surface area (Å²) in [7, 11) is 0. The molecule has 0 aliphatic rings. The molecule has 2 rings (SSSR count). The zero-order chi connectivity index (χ0) is 15.1. The highest BCUT2D eigenvalue weighted by Gasteiger charge is 2.12. The highest BCUT2D eigenvalue weighted by Crippen LogP contribution is 2.18. The Morgan fingerprint density at radius 2 is 1.86 bits per heavy atom. The van der Waals surface area contributed by atoms with Gasteiger partial charge < -0.3 is 10.3 Å². The van der Waals surface area contributed by atoms with Gasteiger partial charge in [0, 0.05) is 19.0 Å². The number of aryl methyl sites for hydroxylation is 1. The van der Waals surface area contributed by atoms with Crippen LogP contribution in [0.2, 0.25) is 0 Å². The van der Waals surface area contributed by atoms with E-state index in [1.807, 2.05) is 6.07 Å². The maximum absolute atomic E-state index is 6.31. The van der Waals surface area contributed by atoms with Gasteiger partial charge in [0.05, 0.1) is 11.0 Å². The largest absolute Gasteiger partial charge is 0.328 e. The normalized spacial score (nSPS) is 12.9. The van der Waals surface area contributed by atoms with Crippen LogP contribution in [0, 0.1) is 0 Å². The number of nitrogens with two attached hydrogens (primary N) is 1. The molecule has 1 aromatic heterocycles. The van der Waals surface area contributed by atoms with Crippen LogP contribution in [-0.2, 0) is 13.0 Å². The van der Waals surface area contributed by atoms with Crippen LogP contribution in [0.25, 0.3) is 11.0 Å². The summed E-state index contributed by atoms with van der Waals surface area (Å²) < 4.78 is 2.30. The Labute approximate surface area is 128 Å². The van der Waals surface area contributed by atoms with E-state index in [2.05, 4.69) is 36.6 Å². The molecule has 0 aliphatic carbocycles. The minimum Gasteiger partial charge on any atom is -0.328 e. The molecule has 1 heterocycles. The van der Waals surface area contributed by atoms with E-state index < -0.39 is 0 Å². The van der Waals surface area contributed by atoms with Gasteiger partial charge in [-0.3, -0.25) is 0 Å². The summed E-state index contributed by atoms with van der Waals surface area (Å²) in [6.45, 7) is 5.38. The van der Waals surface area contributed by atoms with Crippen LogP contribution >= 0.6 is 0 Å². The highest BCUT2D eigenvalue weighted by molar-refractivity contribution is 5.75. The Balaban J connectivity index is 1.92. The Morgan fingerprint density at radius 1 is 1.10 bits per heavy atom. The molecule has 0 saturated carbocycles. The molecule has 0 radical (unpaired) electrons. The fraction of sp³-hybridized carbons (Fsp3) is 0.611. The van der Waals surface area contributed by atoms with Crippen LogP contribution in [0.3, 0.4) is 0 Å². The summed E-state index contributed by atoms with van der Waals surface area (Å²) in [5.74, 6) is 1.14. The van der Waals surface area contributed by atoms with Crippen LogP contribution in [0.5, 0.6) is 0 Å². The predicted molar refractivity (Wildman–Crippen MR) is 90.5 cm³/mol. The van der Waals surface area contributed by atoms with E-state index >= 15 is 0 Å². The van der Waals surface area contributed by atoms with Gasteiger partial charge in [0.2, 0.25) is 0 Å². The van der Waals surface area contributed by atoms with E-state index in [-0.39, 0.29) is 6.04 Å². The molecular formula is C18H29N3. The molecule has 0 amide bonds. The second-order valence-corrected chi connectivity index (χ2v) is 5.93. The lowest BCUT2D eigenvalue weighted by molar-refractivity contribution is 0.522. The van der Waals surface area contributed by atoms with Gasteiger partial charge >= 0.3 is 0 Å². The van der Waals surface area contributed by atoms with Gasteiger partial charge in [0.1, 0.15) is 5.82 Å². The second kappa shape index (κ2) is 8.18. The summed E-state index contributed by atoms with van der Waals surface area (Å²) in [6, 6.07) is 8.58. The molecule has 1 atom stereocenters. The first-order valence-electron chi connectivity index (χ1n) is 8.46. The molecule has 1 unspecified atom stereocenters. The van der Waals surface area contributed by atoms with Gasteiger partial charge in [0.15, 0.2) is 0 Å². The van der Waals surface area contributed by atoms with Crippen molar-refractivity contribution in [3.63, 3.8) is 0 Å². The molecule has 0 spiro atoms. The number of imidazole rings is 1. The number of unbranched alkanes of at least 4 members (excludes halogenated alkanes) is 4. The average molecular weight is 287 g/mol. The third-order valence-electron chi connectivity index (χ3n) is 4.17. The van der Waals surface area contributed by atoms with Crippen molar-refractivity contribution in [2.45, 2.75) is 71.4 Å². The monoisotopic (exact) mass is 287 g/mol. The van der Waals surface area contributed by atoms with E-state index in [0.29, 0.717) is 0 Å². The lowest BCUT2D eigenvalue weighted by Crippen LogP contribution is -2.24. The molecule has 1 aromatic carbocycles. The Kier molecular flexibility index (Phi) is 6.24. The van der Waals surface area contributed by atoms with Crippen molar-refractivity contribution < 1.29 is 0 Å². The number of hydrogen-bond donors (Lipinski definition) is 1. The van der Waals surface area contributed by atoms with E-state index in [1.165, 1.54) is 37.6 Å². The van der Waals surface area contributed by atoms with E-state index in [0.717, 1.165) is 30.7 Å². The van der Waals surface area contributed by atoms with Crippen LogP contribution < -0.4 is 5.73 Å². The van der Waals surface area contributed by atoms with Crippen LogP contribution in [0.1, 0.15) is 58.2 Å². The lowest BCUT2D eigenvalue weighted by Gasteiger charge is -2.12. The van der Waals surface area contributed by atoms with Gasteiger partial charge in [-0.25, -0.2) is 4.98 Å². The molecule has 0 aliphatic heterocycles. The number of fused-ring (bicyclic) bond motifs is 1. The van der Waals surface area contributed by atoms with Crippen molar-refractivity contribution in [3.8, 4) is 0 Å². The number of hydrogen-bond acceptors (Lipinski definition) is 2. The molecule has 0 fully saturated rings. The third-order valence-corrected chi connectivity index (χ3v) is 4.17. The fourth-order valence-electron chi connectivity index (χ4n) is 2.98. The molecule has 3 nitrogen and oxygen atoms in total. The zero-order valence-corrected chi connectivity index (χ0v) is 13.5. The Hall–Kier alpha value is -1.35. The lowest BCUT2D eigenvalue weighted by atomic mass is 10.0. The Bertz CT molecular complexity index is 544. The van der Waals surface area contributed by atoms with E-state index in [1.54, 1.807) is 0 Å². The fourth-order valence-corrected chi connectivity index (χ4v) is 2.98. The minimum absolute atomic E-state index is 0.230. The van der Waals surface area contributed by atoms with Gasteiger partial charge in [-0.2, -0.15) is 0 Å². The summed E-state index contributed by atoms with van der Waals surface area (Å²) in [4.78, 5) is 4.76. The molecular weight excluding hydrogens is 258 g/mol. The van der Waals surface area contributed by atoms with Gasteiger partial charge in [-0.05, 0) is 25.5 Å². The summed E-state index contributed by atoms with van der Waals surface area (Å²) in [6.07, 6.45) is 8.54. The minimum atomic E-state index is 0.230. The van der Waals surface area contributed by atoms with Crippen molar-refractivity contribution in [1.29, 1.82) is 0 Å². The first kappa shape index (κ1) is 16.0. The standard InChI is InChI=1S/C18H29N3/c1-3-5-6-7-8-11-15(19)14-18-20-16-12-9-10-13-17(16)21(18)4-2/h9-10,12-13,15H,3-8,11,14,19H2,1-2H3. The SMILES string of the molecule is CCCCCCCC(N)Cc1nc2ccccc2n1CC. The first-order valence-corrected chi connectivity index (χ1v) is 8.46. The maximum Gasteiger partial charge on any atom is 0.111 e.